The summed E-state index contributed by atoms with van der Waals surface area (Å²) in [6.45, 7) is 2.14. The summed E-state index contributed by atoms with van der Waals surface area (Å²) in [7, 11) is 0. The van der Waals surface area contributed by atoms with Gasteiger partial charge in [-0.1, -0.05) is 23.7 Å². The van der Waals surface area contributed by atoms with Crippen molar-refractivity contribution >= 4 is 23.3 Å². The van der Waals surface area contributed by atoms with Crippen LogP contribution < -0.4 is 11.5 Å². The van der Waals surface area contributed by atoms with Crippen molar-refractivity contribution in [2.24, 2.45) is 39.6 Å². The van der Waals surface area contributed by atoms with Gasteiger partial charge in [0.1, 0.15) is 11.4 Å². The number of benzene rings is 1. The summed E-state index contributed by atoms with van der Waals surface area (Å²) in [5, 5.41) is 10.0. The van der Waals surface area contributed by atoms with Gasteiger partial charge in [0.15, 0.2) is 0 Å². The molecule has 0 radical (unpaired) electrons. The van der Waals surface area contributed by atoms with Crippen LogP contribution in [0.4, 0.5) is 0 Å². The van der Waals surface area contributed by atoms with Crippen LogP contribution in [-0.2, 0) is 16.1 Å². The Labute approximate surface area is 182 Å². The maximum atomic E-state index is 12.2. The highest BCUT2D eigenvalue weighted by atomic mass is 35.5. The number of ether oxygens (including phenoxy) is 1. The third-order valence-electron chi connectivity index (χ3n) is 7.46. The molecular weight excluding hydrogens is 400 g/mol. The number of halogens is 1. The molecule has 4 aliphatic carbocycles. The molecule has 7 heteroatoms. The standard InChI is InChI=1S/C23H29ClN4O2/c1-22(6-7-25,30-13-14-2-4-18(24)5-3-14)20(26)28-19-16-8-15-9-17(19)12-23(10-15,11-16)21(27)29/h2-5,15-17,19H,6,8-13H2,1H3,(H2,26,28)(H2,27,29). The molecule has 1 aromatic rings. The van der Waals surface area contributed by atoms with Gasteiger partial charge in [-0.15, -0.1) is 0 Å². The fourth-order valence-corrected chi connectivity index (χ4v) is 6.12. The van der Waals surface area contributed by atoms with E-state index in [1.807, 2.05) is 31.2 Å². The van der Waals surface area contributed by atoms with E-state index < -0.39 is 5.60 Å². The summed E-state index contributed by atoms with van der Waals surface area (Å²) in [5.41, 5.74) is 11.9. The number of primary amides is 1. The summed E-state index contributed by atoms with van der Waals surface area (Å²) >= 11 is 5.95. The first-order chi connectivity index (χ1) is 14.2. The van der Waals surface area contributed by atoms with Crippen LogP contribution in [0.15, 0.2) is 29.3 Å². The summed E-state index contributed by atoms with van der Waals surface area (Å²) in [6, 6.07) is 9.67. The fraction of sp³-hybridized carbons (Fsp3) is 0.609. The van der Waals surface area contributed by atoms with Gasteiger partial charge in [-0.05, 0) is 74.5 Å². The Bertz CT molecular complexity index is 877. The molecule has 4 aliphatic rings. The molecule has 0 saturated heterocycles. The average molecular weight is 429 g/mol. The van der Waals surface area contributed by atoms with Crippen LogP contribution in [0.1, 0.15) is 51.0 Å². The molecule has 3 atom stereocenters. The zero-order valence-corrected chi connectivity index (χ0v) is 18.1. The van der Waals surface area contributed by atoms with E-state index in [0.717, 1.165) is 37.7 Å². The quantitative estimate of drug-likeness (QED) is 0.510. The Balaban J connectivity index is 1.52. The third kappa shape index (κ3) is 3.81. The molecule has 0 heterocycles. The van der Waals surface area contributed by atoms with E-state index in [1.54, 1.807) is 0 Å². The number of carbonyl (C=O) groups is 1. The first-order valence-corrected chi connectivity index (χ1v) is 11.0. The van der Waals surface area contributed by atoms with Crippen molar-refractivity contribution < 1.29 is 9.53 Å². The highest BCUT2D eigenvalue weighted by Crippen LogP contribution is 2.60. The van der Waals surface area contributed by atoms with Gasteiger partial charge < -0.3 is 16.2 Å². The highest BCUT2D eigenvalue weighted by molar-refractivity contribution is 6.30. The lowest BCUT2D eigenvalue weighted by Crippen LogP contribution is -2.58. The number of hydrogen-bond donors (Lipinski definition) is 2. The van der Waals surface area contributed by atoms with Gasteiger partial charge in [0.25, 0.3) is 0 Å². The predicted octanol–water partition coefficient (Wildman–Crippen LogP) is 3.57. The largest absolute Gasteiger partial charge is 0.385 e. The van der Waals surface area contributed by atoms with Gasteiger partial charge >= 0.3 is 0 Å². The smallest absolute Gasteiger partial charge is 0.223 e. The number of rotatable bonds is 7. The molecule has 160 valence electrons. The lowest BCUT2D eigenvalue weighted by atomic mass is 9.48. The van der Waals surface area contributed by atoms with E-state index in [-0.39, 0.29) is 23.8 Å². The summed E-state index contributed by atoms with van der Waals surface area (Å²) in [6.07, 6.45) is 4.80. The lowest BCUT2D eigenvalue weighted by Gasteiger charge is -2.57. The number of amides is 1. The van der Waals surface area contributed by atoms with E-state index in [2.05, 4.69) is 6.07 Å². The summed E-state index contributed by atoms with van der Waals surface area (Å²) in [4.78, 5) is 17.1. The average Bonchev–Trinajstić information content (AvgIpc) is 2.70. The van der Waals surface area contributed by atoms with Crippen LogP contribution in [0, 0.1) is 34.5 Å². The molecule has 4 N–H and O–H groups in total. The second-order valence-electron chi connectivity index (χ2n) is 9.60. The Morgan fingerprint density at radius 3 is 2.47 bits per heavy atom. The SMILES string of the molecule is CC(CC#N)(OCc1ccc(Cl)cc1)C(N)=NC1C2CC3CC1CC(C(N)=O)(C3)C2. The molecule has 5 rings (SSSR count). The predicted molar refractivity (Wildman–Crippen MR) is 115 cm³/mol. The number of nitriles is 1. The van der Waals surface area contributed by atoms with Gasteiger partial charge in [0, 0.05) is 10.4 Å². The van der Waals surface area contributed by atoms with E-state index in [4.69, 9.17) is 32.8 Å². The van der Waals surface area contributed by atoms with E-state index in [0.29, 0.717) is 35.2 Å². The Hall–Kier alpha value is -2.10. The number of amidine groups is 1. The molecule has 4 bridgehead atoms. The lowest BCUT2D eigenvalue weighted by molar-refractivity contribution is -0.144. The van der Waals surface area contributed by atoms with Gasteiger partial charge in [0.2, 0.25) is 5.91 Å². The van der Waals surface area contributed by atoms with Gasteiger partial charge in [0.05, 0.1) is 25.1 Å². The van der Waals surface area contributed by atoms with Gasteiger partial charge in [-0.25, -0.2) is 0 Å². The maximum Gasteiger partial charge on any atom is 0.223 e. The summed E-state index contributed by atoms with van der Waals surface area (Å²) in [5.74, 6) is 1.42. The highest BCUT2D eigenvalue weighted by Gasteiger charge is 2.58. The third-order valence-corrected chi connectivity index (χ3v) is 7.72. The minimum Gasteiger partial charge on any atom is -0.385 e. The van der Waals surface area contributed by atoms with Crippen molar-refractivity contribution in [2.45, 2.75) is 63.7 Å². The molecule has 4 saturated carbocycles. The summed E-state index contributed by atoms with van der Waals surface area (Å²) < 4.78 is 6.11. The number of carbonyl (C=O) groups excluding carboxylic acids is 1. The molecule has 1 aromatic carbocycles. The van der Waals surface area contributed by atoms with Gasteiger partial charge in [-0.3, -0.25) is 9.79 Å². The Kier molecular flexibility index (Phi) is 5.54. The van der Waals surface area contributed by atoms with Crippen molar-refractivity contribution in [3.05, 3.63) is 34.9 Å². The number of nitrogens with zero attached hydrogens (tertiary/aromatic N) is 2. The number of nitrogens with two attached hydrogens (primary N) is 2. The monoisotopic (exact) mass is 428 g/mol. The van der Waals surface area contributed by atoms with Crippen LogP contribution in [0.5, 0.6) is 0 Å². The topological polar surface area (TPSA) is 114 Å². The zero-order valence-electron chi connectivity index (χ0n) is 17.3. The van der Waals surface area contributed by atoms with Crippen molar-refractivity contribution in [2.75, 3.05) is 0 Å². The molecule has 4 fully saturated rings. The van der Waals surface area contributed by atoms with Gasteiger partial charge in [-0.2, -0.15) is 5.26 Å². The van der Waals surface area contributed by atoms with Crippen molar-refractivity contribution in [1.29, 1.82) is 5.26 Å². The molecule has 6 nitrogen and oxygen atoms in total. The first-order valence-electron chi connectivity index (χ1n) is 10.6. The van der Waals surface area contributed by atoms with E-state index in [9.17, 15) is 10.1 Å². The zero-order chi connectivity index (χ0) is 21.5. The molecule has 0 spiro atoms. The van der Waals surface area contributed by atoms with Crippen LogP contribution in [0.2, 0.25) is 5.02 Å². The Morgan fingerprint density at radius 2 is 1.90 bits per heavy atom. The second-order valence-corrected chi connectivity index (χ2v) is 10.0. The van der Waals surface area contributed by atoms with Crippen LogP contribution in [0.3, 0.4) is 0 Å². The molecule has 3 unspecified atom stereocenters. The number of aliphatic imine (C=N–C) groups is 1. The minimum absolute atomic E-state index is 0.0752. The fourth-order valence-electron chi connectivity index (χ4n) is 6.00. The number of hydrogen-bond acceptors (Lipinski definition) is 4. The van der Waals surface area contributed by atoms with Crippen LogP contribution in [0.25, 0.3) is 0 Å². The van der Waals surface area contributed by atoms with Crippen molar-refractivity contribution in [3.8, 4) is 6.07 Å². The Morgan fingerprint density at radius 1 is 1.27 bits per heavy atom. The van der Waals surface area contributed by atoms with Crippen molar-refractivity contribution in [3.63, 3.8) is 0 Å². The second kappa shape index (κ2) is 7.86. The maximum absolute atomic E-state index is 12.2. The molecule has 30 heavy (non-hydrogen) atoms. The van der Waals surface area contributed by atoms with E-state index in [1.165, 1.54) is 0 Å². The van der Waals surface area contributed by atoms with Crippen LogP contribution in [-0.4, -0.2) is 23.4 Å². The molecule has 0 aliphatic heterocycles. The van der Waals surface area contributed by atoms with E-state index >= 15 is 0 Å². The minimum atomic E-state index is -0.968. The molecule has 1 amide bonds. The van der Waals surface area contributed by atoms with Crippen molar-refractivity contribution in [1.82, 2.24) is 0 Å². The molecular formula is C23H29ClN4O2. The molecule has 0 aromatic heterocycles. The van der Waals surface area contributed by atoms with Crippen LogP contribution >= 0.6 is 11.6 Å². The normalized spacial score (nSPS) is 34.4. The first kappa shape index (κ1) is 21.1.